The Hall–Kier alpha value is -7.84. The molecule has 17 nitrogen and oxygen atoms in total. The van der Waals surface area contributed by atoms with E-state index in [4.69, 9.17) is 0 Å². The van der Waals surface area contributed by atoms with Gasteiger partial charge in [0.15, 0.2) is 5.65 Å². The number of piperidine rings is 1. The maximum absolute atomic E-state index is 13.4. The van der Waals surface area contributed by atoms with Gasteiger partial charge in [-0.25, -0.2) is 19.5 Å². The summed E-state index contributed by atoms with van der Waals surface area (Å²) in [5.41, 5.74) is 5.30. The number of anilines is 3. The molecule has 0 bridgehead atoms. The lowest BCUT2D eigenvalue weighted by molar-refractivity contribution is -0.136. The zero-order valence-electron chi connectivity index (χ0n) is 35.7. The van der Waals surface area contributed by atoms with Crippen LogP contribution < -0.4 is 20.9 Å². The van der Waals surface area contributed by atoms with E-state index in [2.05, 4.69) is 57.6 Å². The number of hydrogen-bond acceptors (Lipinski definition) is 12. The lowest BCUT2D eigenvalue weighted by atomic mass is 10.0. The maximum atomic E-state index is 13.4. The number of carbonyl (C=O) groups excluding carboxylic acids is 6. The number of aryl methyl sites for hydroxylation is 1. The van der Waals surface area contributed by atoms with Crippen LogP contribution in [-0.4, -0.2) is 109 Å². The smallest absolute Gasteiger partial charge is 0.264 e. The van der Waals surface area contributed by atoms with Crippen LogP contribution in [0.5, 0.6) is 0 Å². The molecule has 6 amide bonds. The molecule has 2 fully saturated rings. The van der Waals surface area contributed by atoms with Crippen LogP contribution >= 0.6 is 0 Å². The van der Waals surface area contributed by atoms with E-state index in [1.807, 2.05) is 43.3 Å². The van der Waals surface area contributed by atoms with Gasteiger partial charge in [-0.3, -0.25) is 43.9 Å². The Morgan fingerprint density at radius 1 is 0.846 bits per heavy atom. The molecular weight excluding hydrogens is 827 g/mol. The predicted molar refractivity (Wildman–Crippen MR) is 241 cm³/mol. The number of rotatable bonds is 12. The summed E-state index contributed by atoms with van der Waals surface area (Å²) in [7, 11) is 0. The van der Waals surface area contributed by atoms with E-state index in [-0.39, 0.29) is 47.9 Å². The molecular formula is C48H45N11O6. The number of aromatic nitrogens is 5. The summed E-state index contributed by atoms with van der Waals surface area (Å²) < 4.78 is 1.68. The highest BCUT2D eigenvalue weighted by atomic mass is 16.2. The lowest BCUT2D eigenvalue weighted by Crippen LogP contribution is -2.54. The number of hydrogen-bond donors (Lipinski definition) is 3. The highest BCUT2D eigenvalue weighted by Gasteiger charge is 2.45. The molecule has 0 spiro atoms. The quantitative estimate of drug-likeness (QED) is 0.0867. The number of imidazole rings is 1. The van der Waals surface area contributed by atoms with E-state index in [0.29, 0.717) is 29.0 Å². The highest BCUT2D eigenvalue weighted by molar-refractivity contribution is 6.26. The van der Waals surface area contributed by atoms with Gasteiger partial charge in [0.1, 0.15) is 23.9 Å². The van der Waals surface area contributed by atoms with Crippen molar-refractivity contribution < 1.29 is 28.8 Å². The average Bonchev–Trinajstić information content (AvgIpc) is 3.84. The zero-order chi connectivity index (χ0) is 45.0. The fourth-order valence-electron chi connectivity index (χ4n) is 8.51. The molecule has 0 radical (unpaired) electrons. The Bertz CT molecular complexity index is 2960. The van der Waals surface area contributed by atoms with Crippen LogP contribution in [0.15, 0.2) is 85.5 Å². The number of benzene rings is 3. The molecule has 17 heteroatoms. The minimum atomic E-state index is -1.08. The lowest BCUT2D eigenvalue weighted by Gasteiger charge is -2.35. The monoisotopic (exact) mass is 871 g/mol. The minimum absolute atomic E-state index is 0.0284. The second-order valence-corrected chi connectivity index (χ2v) is 16.3. The molecule has 6 aromatic rings. The van der Waals surface area contributed by atoms with Gasteiger partial charge >= 0.3 is 0 Å². The number of carbonyl (C=O) groups is 6. The van der Waals surface area contributed by atoms with Gasteiger partial charge in [-0.1, -0.05) is 30.9 Å². The van der Waals surface area contributed by atoms with Gasteiger partial charge in [-0.05, 0) is 98.8 Å². The molecule has 6 heterocycles. The SMILES string of the molecule is Cc1ccc(C(=O)Nc2ccc3c(N4CCN(CCCCCCC(=O)Nc5cccc6c5C(=O)N(C5CCC(=O)NC5=O)C6=O)CC4)ncnc3c2)cc1C#Cc1cnc2cccnn12. The molecule has 3 aromatic carbocycles. The van der Waals surface area contributed by atoms with Crippen molar-refractivity contribution in [3.8, 4) is 11.8 Å². The molecule has 65 heavy (non-hydrogen) atoms. The van der Waals surface area contributed by atoms with Crippen molar-refractivity contribution in [2.75, 3.05) is 48.3 Å². The van der Waals surface area contributed by atoms with E-state index in [9.17, 15) is 28.8 Å². The number of unbranched alkanes of at least 4 members (excludes halogenated alkanes) is 3. The maximum Gasteiger partial charge on any atom is 0.264 e. The third-order valence-corrected chi connectivity index (χ3v) is 12.0. The summed E-state index contributed by atoms with van der Waals surface area (Å²) in [6.07, 6.45) is 8.74. The van der Waals surface area contributed by atoms with Gasteiger partial charge in [0.05, 0.1) is 28.5 Å². The Labute approximate surface area is 373 Å². The van der Waals surface area contributed by atoms with Gasteiger partial charge < -0.3 is 15.5 Å². The molecule has 3 aliphatic heterocycles. The fraction of sp³-hybridized carbons (Fsp3) is 0.292. The normalized spacial score (nSPS) is 16.4. The molecule has 3 aromatic heterocycles. The zero-order valence-corrected chi connectivity index (χ0v) is 35.7. The first-order valence-electron chi connectivity index (χ1n) is 21.7. The van der Waals surface area contributed by atoms with Gasteiger partial charge in [-0.2, -0.15) is 5.10 Å². The van der Waals surface area contributed by atoms with E-state index in [1.54, 1.807) is 47.5 Å². The van der Waals surface area contributed by atoms with Crippen molar-refractivity contribution in [3.63, 3.8) is 0 Å². The summed E-state index contributed by atoms with van der Waals surface area (Å²) in [5, 5.41) is 13.2. The van der Waals surface area contributed by atoms with E-state index in [0.717, 1.165) is 84.7 Å². The van der Waals surface area contributed by atoms with Crippen molar-refractivity contribution >= 4 is 69.2 Å². The van der Waals surface area contributed by atoms with Gasteiger partial charge in [0.2, 0.25) is 17.7 Å². The van der Waals surface area contributed by atoms with Crippen molar-refractivity contribution in [3.05, 3.63) is 119 Å². The number of imide groups is 2. The minimum Gasteiger partial charge on any atom is -0.353 e. The van der Waals surface area contributed by atoms with Gasteiger partial charge in [0, 0.05) is 67.4 Å². The molecule has 3 aliphatic rings. The average molecular weight is 872 g/mol. The third-order valence-electron chi connectivity index (χ3n) is 12.0. The van der Waals surface area contributed by atoms with E-state index in [1.165, 1.54) is 6.07 Å². The number of fused-ring (bicyclic) bond motifs is 3. The van der Waals surface area contributed by atoms with Gasteiger partial charge in [0.25, 0.3) is 17.7 Å². The topological polar surface area (TPSA) is 204 Å². The summed E-state index contributed by atoms with van der Waals surface area (Å²) in [6, 6.07) is 18.4. The van der Waals surface area contributed by atoms with Crippen molar-refractivity contribution in [1.82, 2.24) is 39.7 Å². The molecule has 1 unspecified atom stereocenters. The fourth-order valence-corrected chi connectivity index (χ4v) is 8.51. The first-order chi connectivity index (χ1) is 31.6. The molecule has 3 N–H and O–H groups in total. The second kappa shape index (κ2) is 18.5. The second-order valence-electron chi connectivity index (χ2n) is 16.3. The van der Waals surface area contributed by atoms with Crippen molar-refractivity contribution in [2.24, 2.45) is 0 Å². The number of piperazine rings is 1. The van der Waals surface area contributed by atoms with Crippen LogP contribution in [-0.2, 0) is 14.4 Å². The Balaban J connectivity index is 0.718. The summed E-state index contributed by atoms with van der Waals surface area (Å²) in [4.78, 5) is 96.0. The van der Waals surface area contributed by atoms with Crippen LogP contribution in [0.2, 0.25) is 0 Å². The number of nitrogens with zero attached hydrogens (tertiary/aromatic N) is 8. The molecule has 9 rings (SSSR count). The first kappa shape index (κ1) is 42.5. The van der Waals surface area contributed by atoms with Crippen LogP contribution in [0.4, 0.5) is 17.2 Å². The number of nitrogens with one attached hydrogen (secondary N) is 3. The molecule has 2 saturated heterocycles. The van der Waals surface area contributed by atoms with E-state index < -0.39 is 29.7 Å². The first-order valence-corrected chi connectivity index (χ1v) is 21.7. The van der Waals surface area contributed by atoms with Crippen LogP contribution in [0, 0.1) is 18.8 Å². The van der Waals surface area contributed by atoms with Crippen LogP contribution in [0.1, 0.15) is 92.8 Å². The summed E-state index contributed by atoms with van der Waals surface area (Å²) in [5.74, 6) is 4.25. The Morgan fingerprint density at radius 2 is 1.69 bits per heavy atom. The molecule has 0 aliphatic carbocycles. The third kappa shape index (κ3) is 9.02. The summed E-state index contributed by atoms with van der Waals surface area (Å²) in [6.45, 7) is 6.27. The van der Waals surface area contributed by atoms with Crippen molar-refractivity contribution in [2.45, 2.75) is 57.9 Å². The van der Waals surface area contributed by atoms with Gasteiger partial charge in [-0.15, -0.1) is 0 Å². The van der Waals surface area contributed by atoms with Crippen LogP contribution in [0.3, 0.4) is 0 Å². The standard InChI is InChI=1S/C48H45N11O6/c1-30-12-13-32(26-31(30)14-16-34-28-49-40-10-7-20-52-59(34)40)45(62)53-33-15-17-35-38(27-33)50-29-51-44(35)57-24-22-56(23-25-57)21-5-3-2-4-11-41(60)54-37-9-6-8-36-43(37)48(65)58(47(36)64)39-18-19-42(61)55-46(39)63/h6-10,12-13,15,17,20,26-29,39H,2-5,11,18-19,21-25H2,1H3,(H,53,62)(H,54,60)(H,55,61,63). The number of amides is 6. The molecule has 328 valence electrons. The summed E-state index contributed by atoms with van der Waals surface area (Å²) >= 11 is 0. The Kier molecular flexibility index (Phi) is 12.1. The molecule has 0 saturated carbocycles. The molecule has 1 atom stereocenters. The van der Waals surface area contributed by atoms with E-state index >= 15 is 0 Å². The highest BCUT2D eigenvalue weighted by Crippen LogP contribution is 2.33. The predicted octanol–water partition coefficient (Wildman–Crippen LogP) is 4.75. The van der Waals surface area contributed by atoms with Crippen LogP contribution in [0.25, 0.3) is 16.6 Å². The van der Waals surface area contributed by atoms with Crippen molar-refractivity contribution in [1.29, 1.82) is 0 Å². The largest absolute Gasteiger partial charge is 0.353 e. The Morgan fingerprint density at radius 3 is 2.54 bits per heavy atom.